The molecule has 1 heterocycles. The van der Waals surface area contributed by atoms with Gasteiger partial charge < -0.3 is 4.98 Å². The minimum Gasteiger partial charge on any atom is -0.347 e. The number of halogens is 1. The third-order valence-corrected chi connectivity index (χ3v) is 3.88. The minimum atomic E-state index is 0.758. The molecule has 0 saturated carbocycles. The third-order valence-electron chi connectivity index (χ3n) is 3.29. The SMILES string of the molecule is S=c1nc(Cc2ccc(Cl)cc2)[nH]c2c1CCC2. The van der Waals surface area contributed by atoms with Gasteiger partial charge in [-0.1, -0.05) is 36.0 Å². The van der Waals surface area contributed by atoms with Crippen molar-refractivity contribution in [1.29, 1.82) is 0 Å². The summed E-state index contributed by atoms with van der Waals surface area (Å²) in [5.41, 5.74) is 3.71. The fourth-order valence-electron chi connectivity index (χ4n) is 2.39. The first-order valence-corrected chi connectivity index (χ1v) is 6.86. The van der Waals surface area contributed by atoms with Crippen molar-refractivity contribution < 1.29 is 0 Å². The molecule has 1 N–H and O–H groups in total. The number of hydrogen-bond acceptors (Lipinski definition) is 2. The number of rotatable bonds is 2. The van der Waals surface area contributed by atoms with Crippen LogP contribution in [0.1, 0.15) is 29.1 Å². The zero-order chi connectivity index (χ0) is 12.5. The van der Waals surface area contributed by atoms with Gasteiger partial charge in [0.2, 0.25) is 0 Å². The molecule has 1 aliphatic rings. The number of aromatic amines is 1. The number of aryl methyl sites for hydroxylation is 1. The first-order valence-electron chi connectivity index (χ1n) is 6.08. The Kier molecular flexibility index (Phi) is 3.18. The monoisotopic (exact) mass is 276 g/mol. The minimum absolute atomic E-state index is 0.758. The van der Waals surface area contributed by atoms with Gasteiger partial charge in [0.1, 0.15) is 10.5 Å². The van der Waals surface area contributed by atoms with Crippen LogP contribution in [0, 0.1) is 4.64 Å². The number of nitrogens with zero attached hydrogens (tertiary/aromatic N) is 1. The van der Waals surface area contributed by atoms with Gasteiger partial charge in [0.25, 0.3) is 0 Å². The van der Waals surface area contributed by atoms with Gasteiger partial charge in [-0.25, -0.2) is 4.98 Å². The number of benzene rings is 1. The van der Waals surface area contributed by atoms with Crippen molar-refractivity contribution >= 4 is 23.8 Å². The van der Waals surface area contributed by atoms with Crippen molar-refractivity contribution in [3.63, 3.8) is 0 Å². The number of H-pyrrole nitrogens is 1. The Morgan fingerprint density at radius 3 is 2.78 bits per heavy atom. The molecule has 92 valence electrons. The number of hydrogen-bond donors (Lipinski definition) is 1. The van der Waals surface area contributed by atoms with E-state index in [0.29, 0.717) is 0 Å². The van der Waals surface area contributed by atoms with Crippen LogP contribution in [0.25, 0.3) is 0 Å². The van der Waals surface area contributed by atoms with Crippen LogP contribution in [0.5, 0.6) is 0 Å². The molecule has 0 bridgehead atoms. The lowest BCUT2D eigenvalue weighted by atomic mass is 10.1. The van der Waals surface area contributed by atoms with E-state index in [2.05, 4.69) is 9.97 Å². The molecule has 0 unspecified atom stereocenters. The molecule has 0 radical (unpaired) electrons. The maximum absolute atomic E-state index is 5.88. The molecule has 1 aromatic carbocycles. The molecule has 1 aliphatic carbocycles. The molecule has 0 spiro atoms. The van der Waals surface area contributed by atoms with Crippen molar-refractivity contribution in [1.82, 2.24) is 9.97 Å². The normalized spacial score (nSPS) is 13.6. The lowest BCUT2D eigenvalue weighted by Crippen LogP contribution is -2.01. The van der Waals surface area contributed by atoms with Gasteiger partial charge in [0.15, 0.2) is 0 Å². The molecule has 1 aromatic heterocycles. The lowest BCUT2D eigenvalue weighted by molar-refractivity contribution is 0.885. The van der Waals surface area contributed by atoms with E-state index < -0.39 is 0 Å². The summed E-state index contributed by atoms with van der Waals surface area (Å²) in [7, 11) is 0. The second-order valence-corrected chi connectivity index (χ2v) is 5.43. The van der Waals surface area contributed by atoms with E-state index in [-0.39, 0.29) is 0 Å². The van der Waals surface area contributed by atoms with Crippen LogP contribution < -0.4 is 0 Å². The zero-order valence-corrected chi connectivity index (χ0v) is 11.4. The second kappa shape index (κ2) is 4.82. The summed E-state index contributed by atoms with van der Waals surface area (Å²) in [6.07, 6.45) is 4.11. The first-order chi connectivity index (χ1) is 8.72. The third kappa shape index (κ3) is 2.33. The van der Waals surface area contributed by atoms with Gasteiger partial charge in [-0.15, -0.1) is 0 Å². The summed E-state index contributed by atoms with van der Waals surface area (Å²) in [6.45, 7) is 0. The van der Waals surface area contributed by atoms with E-state index in [1.54, 1.807) is 0 Å². The van der Waals surface area contributed by atoms with Crippen molar-refractivity contribution in [2.24, 2.45) is 0 Å². The Morgan fingerprint density at radius 1 is 1.22 bits per heavy atom. The molecule has 4 heteroatoms. The van der Waals surface area contributed by atoms with E-state index in [4.69, 9.17) is 23.8 Å². The smallest absolute Gasteiger partial charge is 0.133 e. The summed E-state index contributed by atoms with van der Waals surface area (Å²) in [5, 5.41) is 0.758. The van der Waals surface area contributed by atoms with Crippen molar-refractivity contribution in [2.45, 2.75) is 25.7 Å². The van der Waals surface area contributed by atoms with Crippen molar-refractivity contribution in [3.8, 4) is 0 Å². The molecule has 0 fully saturated rings. The highest BCUT2D eigenvalue weighted by atomic mass is 35.5. The first kappa shape index (κ1) is 11.9. The lowest BCUT2D eigenvalue weighted by Gasteiger charge is -2.06. The predicted molar refractivity (Wildman–Crippen MR) is 75.7 cm³/mol. The van der Waals surface area contributed by atoms with Gasteiger partial charge in [-0.05, 0) is 37.0 Å². The van der Waals surface area contributed by atoms with Crippen LogP contribution in [0.4, 0.5) is 0 Å². The predicted octanol–water partition coefficient (Wildman–Crippen LogP) is 3.87. The van der Waals surface area contributed by atoms with Crippen LogP contribution in [0.2, 0.25) is 5.02 Å². The quantitative estimate of drug-likeness (QED) is 0.844. The molecule has 2 aromatic rings. The molecule has 0 saturated heterocycles. The van der Waals surface area contributed by atoms with Crippen LogP contribution in [-0.2, 0) is 19.3 Å². The molecule has 3 rings (SSSR count). The van der Waals surface area contributed by atoms with E-state index in [1.807, 2.05) is 24.3 Å². The average molecular weight is 277 g/mol. The highest BCUT2D eigenvalue weighted by Crippen LogP contribution is 2.21. The molecule has 0 atom stereocenters. The Bertz CT molecular complexity index is 631. The molecule has 0 amide bonds. The van der Waals surface area contributed by atoms with Gasteiger partial charge >= 0.3 is 0 Å². The van der Waals surface area contributed by atoms with Crippen molar-refractivity contribution in [2.75, 3.05) is 0 Å². The topological polar surface area (TPSA) is 28.7 Å². The van der Waals surface area contributed by atoms with E-state index >= 15 is 0 Å². The summed E-state index contributed by atoms with van der Waals surface area (Å²) in [5.74, 6) is 0.947. The highest BCUT2D eigenvalue weighted by molar-refractivity contribution is 7.71. The van der Waals surface area contributed by atoms with Gasteiger partial charge in [-0.2, -0.15) is 0 Å². The van der Waals surface area contributed by atoms with Crippen LogP contribution >= 0.6 is 23.8 Å². The number of aromatic nitrogens is 2. The number of fused-ring (bicyclic) bond motifs is 1. The van der Waals surface area contributed by atoms with Gasteiger partial charge in [-0.3, -0.25) is 0 Å². The molecular weight excluding hydrogens is 264 g/mol. The second-order valence-electron chi connectivity index (χ2n) is 4.60. The fourth-order valence-corrected chi connectivity index (χ4v) is 2.85. The van der Waals surface area contributed by atoms with Crippen molar-refractivity contribution in [3.05, 3.63) is 56.6 Å². The Balaban J connectivity index is 1.92. The molecule has 2 nitrogen and oxygen atoms in total. The highest BCUT2D eigenvalue weighted by Gasteiger charge is 2.14. The van der Waals surface area contributed by atoms with E-state index in [1.165, 1.54) is 23.2 Å². The molecular formula is C14H13ClN2S. The maximum atomic E-state index is 5.88. The van der Waals surface area contributed by atoms with Gasteiger partial charge in [0, 0.05) is 22.7 Å². The largest absolute Gasteiger partial charge is 0.347 e. The standard InChI is InChI=1S/C14H13ClN2S/c15-10-6-4-9(5-7-10)8-13-16-12-3-1-2-11(12)14(18)17-13/h4-7H,1-3,8H2,(H,16,17,18). The van der Waals surface area contributed by atoms with E-state index in [0.717, 1.165) is 34.8 Å². The molecule has 0 aliphatic heterocycles. The maximum Gasteiger partial charge on any atom is 0.133 e. The number of nitrogens with one attached hydrogen (secondary N) is 1. The Labute approximate surface area is 116 Å². The summed E-state index contributed by atoms with van der Waals surface area (Å²) < 4.78 is 0.769. The zero-order valence-electron chi connectivity index (χ0n) is 9.87. The van der Waals surface area contributed by atoms with Gasteiger partial charge in [0.05, 0.1) is 0 Å². The summed E-state index contributed by atoms with van der Waals surface area (Å²) >= 11 is 11.2. The summed E-state index contributed by atoms with van der Waals surface area (Å²) in [4.78, 5) is 7.91. The Morgan fingerprint density at radius 2 is 2.00 bits per heavy atom. The fraction of sp³-hybridized carbons (Fsp3) is 0.286. The van der Waals surface area contributed by atoms with Crippen LogP contribution in [0.15, 0.2) is 24.3 Å². The summed E-state index contributed by atoms with van der Waals surface area (Å²) in [6, 6.07) is 7.85. The van der Waals surface area contributed by atoms with Crippen LogP contribution in [-0.4, -0.2) is 9.97 Å². The van der Waals surface area contributed by atoms with E-state index in [9.17, 15) is 0 Å². The molecule has 18 heavy (non-hydrogen) atoms. The average Bonchev–Trinajstić information content (AvgIpc) is 2.81. The van der Waals surface area contributed by atoms with Crippen LogP contribution in [0.3, 0.4) is 0 Å². The Hall–Kier alpha value is -1.19.